The van der Waals surface area contributed by atoms with Crippen LogP contribution in [-0.4, -0.2) is 0 Å². The molecule has 0 N–H and O–H groups in total. The third-order valence-electron chi connectivity index (χ3n) is 23.5. The summed E-state index contributed by atoms with van der Waals surface area (Å²) < 4.78 is 0. The molecule has 0 nitrogen and oxygen atoms in total. The number of hydrogen-bond donors (Lipinski definition) is 0. The van der Waals surface area contributed by atoms with Crippen LogP contribution in [0.4, 0.5) is 0 Å². The second-order valence-corrected chi connectivity index (χ2v) is 29.1. The molecular formula is C100H86. The average molecular weight is 1290 g/mol. The molecule has 0 unspecified atom stereocenters. The van der Waals surface area contributed by atoms with Gasteiger partial charge in [0.2, 0.25) is 0 Å². The van der Waals surface area contributed by atoms with E-state index in [4.69, 9.17) is 0 Å². The van der Waals surface area contributed by atoms with E-state index in [0.717, 1.165) is 23.7 Å². The maximum atomic E-state index is 2.49. The molecule has 0 heteroatoms. The molecular weight excluding hydrogens is 1200 g/mol. The summed E-state index contributed by atoms with van der Waals surface area (Å²) in [5, 5.41) is 0. The van der Waals surface area contributed by atoms with Crippen LogP contribution in [0.15, 0.2) is 364 Å². The van der Waals surface area contributed by atoms with Crippen LogP contribution < -0.4 is 0 Å². The van der Waals surface area contributed by atoms with Crippen LogP contribution in [-0.2, 0) is 10.8 Å². The standard InChI is InChI=1S/C54H44.C46H40.H2/c1-4-10-40(11-5-1)42-14-18-44(19-15-42)46-22-26-48(27-23-46)50-30-34-52(35-31-50)54(38-8-3-9-39-54)53-36-32-51(33-37-53)49-28-24-47(25-29-49)45-20-16-43(17-21-45)41-12-6-2-7-13-41;1-3-7-34(8-4-1)36-11-15-38(16-12-36)40-19-23-42(24-20-40)46(44-28-32-27-33(30-44)31-45(46)29-32)43-25-21-41(22-26-43)39-17-13-37(14-18-39)35-9-5-2-6-10-35;/h1-2,4-7,10-37H,3,8-9,38-39H2;1-26,32-33,44-45H,27-31H2;1H. The zero-order valence-corrected chi connectivity index (χ0v) is 57.0. The molecule has 14 aromatic carbocycles. The highest BCUT2D eigenvalue weighted by Gasteiger charge is 2.58. The molecule has 5 aliphatic carbocycles. The topological polar surface area (TPSA) is 0 Å². The van der Waals surface area contributed by atoms with Gasteiger partial charge in [0.1, 0.15) is 0 Å². The van der Waals surface area contributed by atoms with E-state index in [1.54, 1.807) is 0 Å². The fourth-order valence-corrected chi connectivity index (χ4v) is 18.4. The van der Waals surface area contributed by atoms with Crippen molar-refractivity contribution in [3.63, 3.8) is 0 Å². The van der Waals surface area contributed by atoms with Crippen molar-refractivity contribution < 1.29 is 1.43 Å². The third kappa shape index (κ3) is 12.5. The first kappa shape index (κ1) is 62.6. The Morgan fingerprint density at radius 1 is 0.170 bits per heavy atom. The minimum absolute atomic E-state index is 0. The van der Waals surface area contributed by atoms with E-state index >= 15 is 0 Å². The smallest absolute Gasteiger partial charge is 0.0259 e. The lowest BCUT2D eigenvalue weighted by atomic mass is 9.42. The number of benzene rings is 14. The first-order valence-corrected chi connectivity index (χ1v) is 36.7. The first-order valence-electron chi connectivity index (χ1n) is 36.7. The highest BCUT2D eigenvalue weighted by Crippen LogP contribution is 2.65. The molecule has 486 valence electrons. The molecule has 14 aromatic rings. The molecule has 0 radical (unpaired) electrons. The van der Waals surface area contributed by atoms with Gasteiger partial charge in [-0.25, -0.2) is 0 Å². The van der Waals surface area contributed by atoms with Crippen molar-refractivity contribution in [2.45, 2.75) is 75.0 Å². The summed E-state index contributed by atoms with van der Waals surface area (Å²) in [6.45, 7) is 0. The summed E-state index contributed by atoms with van der Waals surface area (Å²) in [6.07, 6.45) is 13.3. The molecule has 0 saturated heterocycles. The zero-order chi connectivity index (χ0) is 66.7. The van der Waals surface area contributed by atoms with E-state index in [1.807, 2.05) is 0 Å². The van der Waals surface area contributed by atoms with E-state index in [1.165, 1.54) is 198 Å². The van der Waals surface area contributed by atoms with E-state index in [9.17, 15) is 0 Å². The van der Waals surface area contributed by atoms with E-state index < -0.39 is 0 Å². The lowest BCUT2D eigenvalue weighted by Crippen LogP contribution is -2.56. The van der Waals surface area contributed by atoms with E-state index in [-0.39, 0.29) is 12.3 Å². The molecule has 5 fully saturated rings. The molecule has 0 aromatic heterocycles. The summed E-state index contributed by atoms with van der Waals surface area (Å²) in [4.78, 5) is 0. The van der Waals surface area contributed by atoms with Gasteiger partial charge in [-0.1, -0.05) is 383 Å². The predicted molar refractivity (Wildman–Crippen MR) is 424 cm³/mol. The van der Waals surface area contributed by atoms with Crippen molar-refractivity contribution in [3.05, 3.63) is 386 Å². The van der Waals surface area contributed by atoms with Gasteiger partial charge in [0, 0.05) is 12.3 Å². The van der Waals surface area contributed by atoms with E-state index in [0.29, 0.717) is 0 Å². The molecule has 0 heterocycles. The van der Waals surface area contributed by atoms with Crippen molar-refractivity contribution in [3.8, 4) is 111 Å². The van der Waals surface area contributed by atoms with Crippen LogP contribution in [0.5, 0.6) is 0 Å². The van der Waals surface area contributed by atoms with Crippen LogP contribution in [0, 0.1) is 23.7 Å². The largest absolute Gasteiger partial charge is 0.0622 e. The highest BCUT2D eigenvalue weighted by molar-refractivity contribution is 5.77. The summed E-state index contributed by atoms with van der Waals surface area (Å²) >= 11 is 0. The van der Waals surface area contributed by atoms with Crippen molar-refractivity contribution in [2.24, 2.45) is 23.7 Å². The summed E-state index contributed by atoms with van der Waals surface area (Å²) in [5.41, 5.74) is 31.3. The Kier molecular flexibility index (Phi) is 17.4. The second kappa shape index (κ2) is 27.8. The van der Waals surface area contributed by atoms with Gasteiger partial charge in [-0.05, 0) is 202 Å². The summed E-state index contributed by atoms with van der Waals surface area (Å²) in [6, 6.07) is 135. The molecule has 0 spiro atoms. The van der Waals surface area contributed by atoms with Crippen molar-refractivity contribution >= 4 is 0 Å². The van der Waals surface area contributed by atoms with Gasteiger partial charge >= 0.3 is 0 Å². The fraction of sp³-hybridized carbons (Fsp3) is 0.160. The van der Waals surface area contributed by atoms with Gasteiger partial charge < -0.3 is 0 Å². The monoisotopic (exact) mass is 1290 g/mol. The SMILES string of the molecule is [HH].c1ccc(-c2ccc(-c3ccc(-c4ccc(C5(c6ccc(-c7ccc(-c8ccc(-c9ccccc9)cc8)cc7)cc6)CCCCC5)cc4)cc3)cc2)cc1.c1ccc(-c2ccc(-c3ccc(C4(c5ccc(-c6ccc(-c7ccccc7)cc6)cc5)C5CC6CC(C5)CC4C6)cc3)cc2)cc1. The fourth-order valence-electron chi connectivity index (χ4n) is 18.4. The average Bonchev–Trinajstić information content (AvgIpc) is 0.697. The molecule has 5 saturated carbocycles. The Hall–Kier alpha value is -10.9. The van der Waals surface area contributed by atoms with Crippen LogP contribution in [0.25, 0.3) is 111 Å². The van der Waals surface area contributed by atoms with Crippen molar-refractivity contribution in [2.75, 3.05) is 0 Å². The lowest BCUT2D eigenvalue weighted by Gasteiger charge is -2.62. The van der Waals surface area contributed by atoms with Crippen molar-refractivity contribution in [1.82, 2.24) is 0 Å². The Labute approximate surface area is 593 Å². The molecule has 4 bridgehead atoms. The van der Waals surface area contributed by atoms with E-state index in [2.05, 4.69) is 364 Å². The minimum Gasteiger partial charge on any atom is -0.0622 e. The van der Waals surface area contributed by atoms with Gasteiger partial charge in [0.05, 0.1) is 0 Å². The zero-order valence-electron chi connectivity index (χ0n) is 57.0. The van der Waals surface area contributed by atoms with Gasteiger partial charge in [-0.2, -0.15) is 0 Å². The Morgan fingerprint density at radius 2 is 0.340 bits per heavy atom. The predicted octanol–water partition coefficient (Wildman–Crippen LogP) is 27.3. The first-order chi connectivity index (χ1) is 49.5. The second-order valence-electron chi connectivity index (χ2n) is 29.1. The minimum atomic E-state index is 0. The number of hydrogen-bond acceptors (Lipinski definition) is 0. The third-order valence-corrected chi connectivity index (χ3v) is 23.5. The molecule has 19 rings (SSSR count). The normalized spacial score (nSPS) is 17.8. The van der Waals surface area contributed by atoms with Crippen LogP contribution in [0.3, 0.4) is 0 Å². The maximum Gasteiger partial charge on any atom is 0.0259 e. The Balaban J connectivity index is 0.000000157. The van der Waals surface area contributed by atoms with Gasteiger partial charge in [-0.15, -0.1) is 0 Å². The highest BCUT2D eigenvalue weighted by atomic mass is 14.6. The summed E-state index contributed by atoms with van der Waals surface area (Å²) in [5.74, 6) is 3.33. The molecule has 0 aliphatic heterocycles. The van der Waals surface area contributed by atoms with Crippen LogP contribution in [0.1, 0.15) is 87.9 Å². The Morgan fingerprint density at radius 3 is 0.540 bits per heavy atom. The van der Waals surface area contributed by atoms with Crippen molar-refractivity contribution in [1.29, 1.82) is 0 Å². The molecule has 0 atom stereocenters. The maximum absolute atomic E-state index is 2.49. The van der Waals surface area contributed by atoms with Gasteiger partial charge in [-0.3, -0.25) is 0 Å². The summed E-state index contributed by atoms with van der Waals surface area (Å²) in [7, 11) is 0. The molecule has 0 amide bonds. The lowest BCUT2D eigenvalue weighted by molar-refractivity contribution is -0.0418. The number of rotatable bonds is 14. The molecule has 5 aliphatic rings. The van der Waals surface area contributed by atoms with Crippen LogP contribution in [0.2, 0.25) is 0 Å². The molecule has 100 heavy (non-hydrogen) atoms. The quantitative estimate of drug-likeness (QED) is 0.102. The van der Waals surface area contributed by atoms with Gasteiger partial charge in [0.25, 0.3) is 0 Å². The van der Waals surface area contributed by atoms with Gasteiger partial charge in [0.15, 0.2) is 0 Å². The Bertz CT molecular complexity index is 4670. The van der Waals surface area contributed by atoms with Crippen LogP contribution >= 0.6 is 0 Å².